The molecular weight excluding hydrogens is 248 g/mol. The summed E-state index contributed by atoms with van der Waals surface area (Å²) in [5.74, 6) is 0. The number of anilines is 1. The van der Waals surface area contributed by atoms with Crippen LogP contribution >= 0.6 is 0 Å². The van der Waals surface area contributed by atoms with E-state index in [4.69, 9.17) is 0 Å². The highest BCUT2D eigenvalue weighted by Crippen LogP contribution is 2.30. The van der Waals surface area contributed by atoms with Crippen molar-refractivity contribution < 1.29 is 5.11 Å². The van der Waals surface area contributed by atoms with Crippen LogP contribution in [0.4, 0.5) is 5.69 Å². The Morgan fingerprint density at radius 3 is 2.60 bits per heavy atom. The molecule has 2 N–H and O–H groups in total. The van der Waals surface area contributed by atoms with E-state index in [1.54, 1.807) is 0 Å². The molecule has 110 valence electrons. The average molecular weight is 274 g/mol. The zero-order valence-corrected chi connectivity index (χ0v) is 12.4. The standard InChI is InChI=1S/C17H26N2O/c1-13-11-17(19(9-10-20)16-3-2-4-16)8-5-14(13)12-18-15-6-7-15/h5,8,11,15-16,18,20H,2-4,6-7,9-10,12H2,1H3. The molecule has 3 heteroatoms. The lowest BCUT2D eigenvalue weighted by atomic mass is 9.90. The summed E-state index contributed by atoms with van der Waals surface area (Å²) in [4.78, 5) is 2.38. The molecule has 0 amide bonds. The van der Waals surface area contributed by atoms with Crippen molar-refractivity contribution >= 4 is 5.69 Å². The molecule has 0 atom stereocenters. The largest absolute Gasteiger partial charge is 0.395 e. The van der Waals surface area contributed by atoms with Crippen molar-refractivity contribution in [1.82, 2.24) is 5.32 Å². The summed E-state index contributed by atoms with van der Waals surface area (Å²) in [6.45, 7) is 4.18. The number of aryl methyl sites for hydroxylation is 1. The number of aliphatic hydroxyl groups is 1. The summed E-state index contributed by atoms with van der Waals surface area (Å²) < 4.78 is 0. The number of aliphatic hydroxyl groups excluding tert-OH is 1. The lowest BCUT2D eigenvalue weighted by molar-refractivity contribution is 0.283. The summed E-state index contributed by atoms with van der Waals surface area (Å²) in [6.07, 6.45) is 6.54. The SMILES string of the molecule is Cc1cc(N(CCO)C2CCC2)ccc1CNC1CC1. The second kappa shape index (κ2) is 6.15. The van der Waals surface area contributed by atoms with Crippen LogP contribution in [0.3, 0.4) is 0 Å². The predicted octanol–water partition coefficient (Wildman–Crippen LogP) is 2.60. The quantitative estimate of drug-likeness (QED) is 0.802. The minimum atomic E-state index is 0.237. The first-order valence-electron chi connectivity index (χ1n) is 7.98. The molecule has 3 rings (SSSR count). The first-order chi connectivity index (χ1) is 9.78. The van der Waals surface area contributed by atoms with Gasteiger partial charge in [0.05, 0.1) is 6.61 Å². The molecule has 0 aliphatic heterocycles. The van der Waals surface area contributed by atoms with E-state index in [0.717, 1.165) is 19.1 Å². The van der Waals surface area contributed by atoms with Gasteiger partial charge in [-0.25, -0.2) is 0 Å². The van der Waals surface area contributed by atoms with E-state index in [1.165, 1.54) is 48.9 Å². The number of hydrogen-bond donors (Lipinski definition) is 2. The lowest BCUT2D eigenvalue weighted by Gasteiger charge is -2.39. The minimum absolute atomic E-state index is 0.237. The van der Waals surface area contributed by atoms with E-state index in [0.29, 0.717) is 6.04 Å². The van der Waals surface area contributed by atoms with Gasteiger partial charge in [-0.2, -0.15) is 0 Å². The van der Waals surface area contributed by atoms with E-state index in [1.807, 2.05) is 0 Å². The van der Waals surface area contributed by atoms with Gasteiger partial charge in [0.2, 0.25) is 0 Å². The van der Waals surface area contributed by atoms with Gasteiger partial charge in [-0.15, -0.1) is 0 Å². The van der Waals surface area contributed by atoms with Crippen molar-refractivity contribution in [3.8, 4) is 0 Å². The first-order valence-corrected chi connectivity index (χ1v) is 7.98. The molecule has 0 saturated heterocycles. The third-order valence-corrected chi connectivity index (χ3v) is 4.67. The third kappa shape index (κ3) is 3.15. The lowest BCUT2D eigenvalue weighted by Crippen LogP contribution is -2.42. The van der Waals surface area contributed by atoms with Crippen LogP contribution in [-0.2, 0) is 6.54 Å². The fraction of sp³-hybridized carbons (Fsp3) is 0.647. The van der Waals surface area contributed by atoms with Gasteiger partial charge in [0.1, 0.15) is 0 Å². The fourth-order valence-corrected chi connectivity index (χ4v) is 2.93. The van der Waals surface area contributed by atoms with Crippen molar-refractivity contribution in [3.63, 3.8) is 0 Å². The summed E-state index contributed by atoms with van der Waals surface area (Å²) in [6, 6.07) is 8.17. The maximum Gasteiger partial charge on any atom is 0.0606 e. The summed E-state index contributed by atoms with van der Waals surface area (Å²) >= 11 is 0. The van der Waals surface area contributed by atoms with Gasteiger partial charge in [0.25, 0.3) is 0 Å². The van der Waals surface area contributed by atoms with Crippen LogP contribution < -0.4 is 10.2 Å². The van der Waals surface area contributed by atoms with E-state index < -0.39 is 0 Å². The topological polar surface area (TPSA) is 35.5 Å². The Bertz CT molecular complexity index is 452. The molecule has 20 heavy (non-hydrogen) atoms. The molecule has 1 aromatic carbocycles. The van der Waals surface area contributed by atoms with Crippen molar-refractivity contribution in [2.75, 3.05) is 18.1 Å². The van der Waals surface area contributed by atoms with Gasteiger partial charge in [-0.3, -0.25) is 0 Å². The Morgan fingerprint density at radius 2 is 2.05 bits per heavy atom. The van der Waals surface area contributed by atoms with Crippen molar-refractivity contribution in [3.05, 3.63) is 29.3 Å². The highest BCUT2D eigenvalue weighted by molar-refractivity contribution is 5.52. The molecular formula is C17H26N2O. The Kier molecular flexibility index (Phi) is 4.27. The molecule has 2 aliphatic carbocycles. The average Bonchev–Trinajstić information content (AvgIpc) is 3.19. The van der Waals surface area contributed by atoms with Gasteiger partial charge in [0.15, 0.2) is 0 Å². The van der Waals surface area contributed by atoms with Gasteiger partial charge in [-0.1, -0.05) is 6.07 Å². The van der Waals surface area contributed by atoms with Crippen LogP contribution in [0.5, 0.6) is 0 Å². The van der Waals surface area contributed by atoms with Crippen LogP contribution in [0.25, 0.3) is 0 Å². The van der Waals surface area contributed by atoms with Crippen LogP contribution in [0.2, 0.25) is 0 Å². The molecule has 0 spiro atoms. The Hall–Kier alpha value is -1.06. The molecule has 0 bridgehead atoms. The van der Waals surface area contributed by atoms with Crippen LogP contribution in [0.15, 0.2) is 18.2 Å². The molecule has 2 fully saturated rings. The number of benzene rings is 1. The van der Waals surface area contributed by atoms with E-state index in [9.17, 15) is 5.11 Å². The molecule has 0 unspecified atom stereocenters. The third-order valence-electron chi connectivity index (χ3n) is 4.67. The molecule has 0 heterocycles. The van der Waals surface area contributed by atoms with Crippen LogP contribution in [-0.4, -0.2) is 30.3 Å². The van der Waals surface area contributed by atoms with Gasteiger partial charge >= 0.3 is 0 Å². The molecule has 0 radical (unpaired) electrons. The molecule has 3 nitrogen and oxygen atoms in total. The second-order valence-corrected chi connectivity index (χ2v) is 6.27. The predicted molar refractivity (Wildman–Crippen MR) is 83.1 cm³/mol. The number of nitrogens with zero attached hydrogens (tertiary/aromatic N) is 1. The van der Waals surface area contributed by atoms with Crippen molar-refractivity contribution in [2.24, 2.45) is 0 Å². The molecule has 2 saturated carbocycles. The molecule has 0 aromatic heterocycles. The molecule has 2 aliphatic rings. The number of hydrogen-bond acceptors (Lipinski definition) is 3. The number of rotatable bonds is 7. The van der Waals surface area contributed by atoms with E-state index in [-0.39, 0.29) is 6.61 Å². The van der Waals surface area contributed by atoms with Crippen LogP contribution in [0, 0.1) is 6.92 Å². The van der Waals surface area contributed by atoms with Crippen molar-refractivity contribution in [2.45, 2.75) is 57.7 Å². The number of nitrogens with one attached hydrogen (secondary N) is 1. The molecule has 1 aromatic rings. The van der Waals surface area contributed by atoms with Gasteiger partial charge in [0, 0.05) is 30.9 Å². The zero-order valence-electron chi connectivity index (χ0n) is 12.4. The monoisotopic (exact) mass is 274 g/mol. The first kappa shape index (κ1) is 13.9. The Morgan fingerprint density at radius 1 is 1.25 bits per heavy atom. The fourth-order valence-electron chi connectivity index (χ4n) is 2.93. The second-order valence-electron chi connectivity index (χ2n) is 6.27. The highest BCUT2D eigenvalue weighted by atomic mass is 16.3. The van der Waals surface area contributed by atoms with Crippen LogP contribution in [0.1, 0.15) is 43.2 Å². The Balaban J connectivity index is 1.69. The maximum atomic E-state index is 9.29. The zero-order chi connectivity index (χ0) is 13.9. The smallest absolute Gasteiger partial charge is 0.0606 e. The normalized spacial score (nSPS) is 18.9. The highest BCUT2D eigenvalue weighted by Gasteiger charge is 2.25. The maximum absolute atomic E-state index is 9.29. The van der Waals surface area contributed by atoms with E-state index in [2.05, 4.69) is 35.3 Å². The van der Waals surface area contributed by atoms with Gasteiger partial charge in [-0.05, 0) is 62.3 Å². The summed E-state index contributed by atoms with van der Waals surface area (Å²) in [5, 5.41) is 12.9. The summed E-state index contributed by atoms with van der Waals surface area (Å²) in [7, 11) is 0. The summed E-state index contributed by atoms with van der Waals surface area (Å²) in [5.41, 5.74) is 4.03. The Labute approximate surface area is 122 Å². The minimum Gasteiger partial charge on any atom is -0.395 e. The van der Waals surface area contributed by atoms with E-state index >= 15 is 0 Å². The van der Waals surface area contributed by atoms with Gasteiger partial charge < -0.3 is 15.3 Å². The van der Waals surface area contributed by atoms with Crippen molar-refractivity contribution in [1.29, 1.82) is 0 Å².